The average Bonchev–Trinajstić information content (AvgIpc) is 3.01. The van der Waals surface area contributed by atoms with E-state index in [-0.39, 0.29) is 5.65 Å². The number of halogens is 3. The van der Waals surface area contributed by atoms with Crippen molar-refractivity contribution >= 4 is 11.5 Å². The zero-order chi connectivity index (χ0) is 15.0. The van der Waals surface area contributed by atoms with E-state index in [0.29, 0.717) is 18.4 Å². The summed E-state index contributed by atoms with van der Waals surface area (Å²) in [7, 11) is 2.04. The Kier molecular flexibility index (Phi) is 3.44. The Morgan fingerprint density at radius 2 is 2.14 bits per heavy atom. The SMILES string of the molecule is CN1CCC[C@@H]1CNc1ccc2nnc(C(F)(F)F)n2n1. The second-order valence-electron chi connectivity index (χ2n) is 5.17. The highest BCUT2D eigenvalue weighted by Gasteiger charge is 2.37. The number of fused-ring (bicyclic) bond motifs is 1. The lowest BCUT2D eigenvalue weighted by Gasteiger charge is -2.19. The highest BCUT2D eigenvalue weighted by atomic mass is 19.4. The van der Waals surface area contributed by atoms with Gasteiger partial charge in [-0.1, -0.05) is 0 Å². The van der Waals surface area contributed by atoms with Gasteiger partial charge in [0.15, 0.2) is 5.65 Å². The van der Waals surface area contributed by atoms with Gasteiger partial charge in [-0.05, 0) is 38.6 Å². The molecule has 2 aromatic heterocycles. The van der Waals surface area contributed by atoms with Crippen LogP contribution >= 0.6 is 0 Å². The van der Waals surface area contributed by atoms with Crippen molar-refractivity contribution < 1.29 is 13.2 Å². The maximum absolute atomic E-state index is 12.8. The summed E-state index contributed by atoms with van der Waals surface area (Å²) in [6, 6.07) is 3.46. The van der Waals surface area contributed by atoms with E-state index in [2.05, 4.69) is 25.5 Å². The van der Waals surface area contributed by atoms with E-state index >= 15 is 0 Å². The van der Waals surface area contributed by atoms with Crippen LogP contribution < -0.4 is 5.32 Å². The highest BCUT2D eigenvalue weighted by Crippen LogP contribution is 2.27. The van der Waals surface area contributed by atoms with E-state index in [9.17, 15) is 13.2 Å². The molecule has 1 N–H and O–H groups in total. The molecule has 0 aromatic carbocycles. The van der Waals surface area contributed by atoms with Crippen molar-refractivity contribution in [3.63, 3.8) is 0 Å². The molecule has 1 aliphatic rings. The molecular formula is C12H15F3N6. The van der Waals surface area contributed by atoms with Crippen LogP contribution in [0.1, 0.15) is 18.7 Å². The number of nitrogens with zero attached hydrogens (tertiary/aromatic N) is 5. The van der Waals surface area contributed by atoms with Crippen LogP contribution in [0.4, 0.5) is 19.0 Å². The lowest BCUT2D eigenvalue weighted by molar-refractivity contribution is -0.146. The number of rotatable bonds is 3. The molecule has 2 aromatic rings. The Hall–Kier alpha value is -1.90. The largest absolute Gasteiger partial charge is 0.453 e. The van der Waals surface area contributed by atoms with Crippen LogP contribution in [-0.4, -0.2) is 50.9 Å². The molecule has 0 spiro atoms. The number of nitrogens with one attached hydrogen (secondary N) is 1. The number of alkyl halides is 3. The molecule has 0 radical (unpaired) electrons. The summed E-state index contributed by atoms with van der Waals surface area (Å²) in [4.78, 5) is 2.23. The molecular weight excluding hydrogens is 285 g/mol. The van der Waals surface area contributed by atoms with Gasteiger partial charge in [-0.25, -0.2) is 0 Å². The third kappa shape index (κ3) is 2.78. The Morgan fingerprint density at radius 1 is 1.33 bits per heavy atom. The fourth-order valence-corrected chi connectivity index (χ4v) is 2.52. The molecule has 0 unspecified atom stereocenters. The van der Waals surface area contributed by atoms with E-state index in [1.807, 2.05) is 7.05 Å². The molecule has 1 saturated heterocycles. The van der Waals surface area contributed by atoms with Gasteiger partial charge < -0.3 is 10.2 Å². The van der Waals surface area contributed by atoms with Crippen molar-refractivity contribution in [1.29, 1.82) is 0 Å². The first kappa shape index (κ1) is 14.1. The summed E-state index contributed by atoms with van der Waals surface area (Å²) >= 11 is 0. The Bertz CT molecular complexity index is 637. The van der Waals surface area contributed by atoms with E-state index in [4.69, 9.17) is 0 Å². The Labute approximate surface area is 119 Å². The lowest BCUT2D eigenvalue weighted by Crippen LogP contribution is -2.31. The molecule has 21 heavy (non-hydrogen) atoms. The number of likely N-dealkylation sites (N-methyl/N-ethyl adjacent to an activating group) is 1. The highest BCUT2D eigenvalue weighted by molar-refractivity contribution is 5.44. The fourth-order valence-electron chi connectivity index (χ4n) is 2.52. The van der Waals surface area contributed by atoms with Gasteiger partial charge >= 0.3 is 6.18 Å². The van der Waals surface area contributed by atoms with E-state index in [1.165, 1.54) is 6.07 Å². The maximum Gasteiger partial charge on any atom is 0.453 e. The minimum absolute atomic E-state index is 0.0749. The summed E-state index contributed by atoms with van der Waals surface area (Å²) in [5, 5.41) is 13.6. The van der Waals surface area contributed by atoms with Crippen LogP contribution in [0.5, 0.6) is 0 Å². The van der Waals surface area contributed by atoms with Gasteiger partial charge in [-0.15, -0.1) is 15.3 Å². The number of aromatic nitrogens is 4. The molecule has 9 heteroatoms. The molecule has 1 aliphatic heterocycles. The van der Waals surface area contributed by atoms with Crippen LogP contribution in [0, 0.1) is 0 Å². The molecule has 0 saturated carbocycles. The van der Waals surface area contributed by atoms with Gasteiger partial charge in [0.05, 0.1) is 0 Å². The molecule has 1 fully saturated rings. The van der Waals surface area contributed by atoms with Crippen LogP contribution in [0.3, 0.4) is 0 Å². The Morgan fingerprint density at radius 3 is 2.81 bits per heavy atom. The van der Waals surface area contributed by atoms with Crippen molar-refractivity contribution in [3.05, 3.63) is 18.0 Å². The summed E-state index contributed by atoms with van der Waals surface area (Å²) in [6.07, 6.45) is -2.36. The first-order valence-corrected chi connectivity index (χ1v) is 6.69. The molecule has 3 heterocycles. The standard InChI is InChI=1S/C12H15F3N6/c1-20-6-2-3-8(20)7-16-9-4-5-10-17-18-11(12(13,14)15)21(10)19-9/h4-5,8H,2-3,6-7H2,1H3,(H,16,19)/t8-/m1/s1. The van der Waals surface area contributed by atoms with Gasteiger partial charge in [0.1, 0.15) is 5.82 Å². The van der Waals surface area contributed by atoms with Gasteiger partial charge in [0.25, 0.3) is 5.82 Å². The van der Waals surface area contributed by atoms with Gasteiger partial charge in [0.2, 0.25) is 0 Å². The molecule has 6 nitrogen and oxygen atoms in total. The van der Waals surface area contributed by atoms with Gasteiger partial charge in [-0.3, -0.25) is 0 Å². The normalized spacial score (nSPS) is 20.3. The zero-order valence-electron chi connectivity index (χ0n) is 11.4. The number of anilines is 1. The number of hydrogen-bond acceptors (Lipinski definition) is 5. The summed E-state index contributed by atoms with van der Waals surface area (Å²) < 4.78 is 39.0. The number of likely N-dealkylation sites (tertiary alicyclic amines) is 1. The summed E-state index contributed by atoms with van der Waals surface area (Å²) in [5.74, 6) is -0.729. The molecule has 0 bridgehead atoms. The van der Waals surface area contributed by atoms with E-state index in [1.54, 1.807) is 6.07 Å². The molecule has 1 atom stereocenters. The molecule has 114 valence electrons. The van der Waals surface area contributed by atoms with Gasteiger partial charge in [-0.2, -0.15) is 17.7 Å². The summed E-state index contributed by atoms with van der Waals surface area (Å²) in [5.41, 5.74) is 0.0749. The van der Waals surface area contributed by atoms with Crippen LogP contribution in [-0.2, 0) is 6.18 Å². The first-order valence-electron chi connectivity index (χ1n) is 6.69. The monoisotopic (exact) mass is 300 g/mol. The third-order valence-corrected chi connectivity index (χ3v) is 3.71. The quantitative estimate of drug-likeness (QED) is 0.934. The summed E-state index contributed by atoms with van der Waals surface area (Å²) in [6.45, 7) is 1.70. The smallest absolute Gasteiger partial charge is 0.367 e. The molecule has 3 rings (SSSR count). The molecule has 0 aliphatic carbocycles. The van der Waals surface area contributed by atoms with Crippen LogP contribution in [0.25, 0.3) is 5.65 Å². The van der Waals surface area contributed by atoms with Crippen LogP contribution in [0.2, 0.25) is 0 Å². The first-order chi connectivity index (χ1) is 9.95. The Balaban J connectivity index is 1.80. The second-order valence-corrected chi connectivity index (χ2v) is 5.17. The van der Waals surface area contributed by atoms with Crippen molar-refractivity contribution in [2.75, 3.05) is 25.5 Å². The van der Waals surface area contributed by atoms with Gasteiger partial charge in [0, 0.05) is 12.6 Å². The van der Waals surface area contributed by atoms with Crippen molar-refractivity contribution in [2.45, 2.75) is 25.1 Å². The predicted molar refractivity (Wildman–Crippen MR) is 69.9 cm³/mol. The minimum atomic E-state index is -4.57. The maximum atomic E-state index is 12.8. The van der Waals surface area contributed by atoms with Crippen molar-refractivity contribution in [2.24, 2.45) is 0 Å². The van der Waals surface area contributed by atoms with E-state index in [0.717, 1.165) is 23.9 Å². The minimum Gasteiger partial charge on any atom is -0.367 e. The number of hydrogen-bond donors (Lipinski definition) is 1. The van der Waals surface area contributed by atoms with Crippen molar-refractivity contribution in [1.82, 2.24) is 24.7 Å². The topological polar surface area (TPSA) is 58.3 Å². The average molecular weight is 300 g/mol. The predicted octanol–water partition coefficient (Wildman–Crippen LogP) is 1.65. The van der Waals surface area contributed by atoms with Crippen molar-refractivity contribution in [3.8, 4) is 0 Å². The molecule has 0 amide bonds. The van der Waals surface area contributed by atoms with E-state index < -0.39 is 12.0 Å². The second kappa shape index (κ2) is 5.14. The lowest BCUT2D eigenvalue weighted by atomic mass is 10.2. The fraction of sp³-hybridized carbons (Fsp3) is 0.583. The van der Waals surface area contributed by atoms with Crippen LogP contribution in [0.15, 0.2) is 12.1 Å². The zero-order valence-corrected chi connectivity index (χ0v) is 11.4. The third-order valence-electron chi connectivity index (χ3n) is 3.71.